The van der Waals surface area contributed by atoms with Crippen molar-refractivity contribution in [1.29, 1.82) is 0 Å². The van der Waals surface area contributed by atoms with Crippen LogP contribution in [0.4, 0.5) is 10.1 Å². The quantitative estimate of drug-likeness (QED) is 0.427. The van der Waals surface area contributed by atoms with E-state index < -0.39 is 5.82 Å². The van der Waals surface area contributed by atoms with E-state index in [0.29, 0.717) is 43.0 Å². The number of benzene rings is 2. The predicted molar refractivity (Wildman–Crippen MR) is 158 cm³/mol. The SMILES string of the molecule is CC(C)N1CCCN(C(=O)c2ccccn2)c2cc(F)ccc2CN(C(=O)COc2cccc3c2CCCC3)CC1. The number of fused-ring (bicyclic) bond motifs is 2. The summed E-state index contributed by atoms with van der Waals surface area (Å²) in [6.45, 7) is 6.76. The van der Waals surface area contributed by atoms with Gasteiger partial charge in [0.1, 0.15) is 17.3 Å². The highest BCUT2D eigenvalue weighted by atomic mass is 19.1. The first kappa shape index (κ1) is 28.7. The van der Waals surface area contributed by atoms with Crippen molar-refractivity contribution in [2.45, 2.75) is 58.5 Å². The van der Waals surface area contributed by atoms with Crippen LogP contribution in [0.15, 0.2) is 60.8 Å². The molecule has 1 aliphatic heterocycles. The van der Waals surface area contributed by atoms with E-state index >= 15 is 0 Å². The molecule has 0 radical (unpaired) electrons. The predicted octanol–water partition coefficient (Wildman–Crippen LogP) is 5.27. The van der Waals surface area contributed by atoms with Gasteiger partial charge in [-0.15, -0.1) is 0 Å². The van der Waals surface area contributed by atoms with Crippen LogP contribution in [-0.4, -0.2) is 65.4 Å². The van der Waals surface area contributed by atoms with Gasteiger partial charge in [0.15, 0.2) is 6.61 Å². The standard InChI is InChI=1S/C33H39FN4O3/c1-24(2)36-17-8-18-38(33(40)29-12-5-6-16-35-29)30-21-27(34)15-14-26(30)22-37(20-19-36)32(39)23-41-31-13-7-10-25-9-3-4-11-28(25)31/h5-7,10,12-16,21,24H,3-4,8-9,11,17-20,22-23H2,1-2H3. The number of carbonyl (C=O) groups excluding carboxylic acids is 2. The molecule has 0 bridgehead atoms. The zero-order valence-electron chi connectivity index (χ0n) is 24.0. The van der Waals surface area contributed by atoms with Gasteiger partial charge in [-0.3, -0.25) is 19.5 Å². The van der Waals surface area contributed by atoms with Crippen molar-refractivity contribution in [1.82, 2.24) is 14.8 Å². The van der Waals surface area contributed by atoms with Crippen LogP contribution >= 0.6 is 0 Å². The molecule has 2 amide bonds. The smallest absolute Gasteiger partial charge is 0.276 e. The number of hydrogen-bond acceptors (Lipinski definition) is 5. The maximum atomic E-state index is 14.6. The third-order valence-electron chi connectivity index (χ3n) is 8.10. The maximum Gasteiger partial charge on any atom is 0.276 e. The summed E-state index contributed by atoms with van der Waals surface area (Å²) in [6.07, 6.45) is 6.58. The molecule has 2 heterocycles. The molecule has 7 nitrogen and oxygen atoms in total. The fourth-order valence-electron chi connectivity index (χ4n) is 5.80. The van der Waals surface area contributed by atoms with Crippen LogP contribution in [0.25, 0.3) is 0 Å². The average molecular weight is 559 g/mol. The lowest BCUT2D eigenvalue weighted by Crippen LogP contribution is -2.42. The first-order chi connectivity index (χ1) is 19.9. The molecule has 2 aromatic carbocycles. The second-order valence-corrected chi connectivity index (χ2v) is 11.1. The molecular formula is C33H39FN4O3. The molecule has 0 fully saturated rings. The first-order valence-electron chi connectivity index (χ1n) is 14.7. The zero-order chi connectivity index (χ0) is 28.8. The number of rotatable bonds is 5. The van der Waals surface area contributed by atoms with Crippen molar-refractivity contribution in [2.24, 2.45) is 0 Å². The van der Waals surface area contributed by atoms with E-state index in [-0.39, 0.29) is 31.0 Å². The number of ether oxygens (including phenoxy) is 1. The van der Waals surface area contributed by atoms with Gasteiger partial charge in [0.2, 0.25) is 0 Å². The molecule has 0 atom stereocenters. The number of carbonyl (C=O) groups is 2. The van der Waals surface area contributed by atoms with E-state index in [1.807, 2.05) is 12.1 Å². The van der Waals surface area contributed by atoms with E-state index in [2.05, 4.69) is 29.8 Å². The second-order valence-electron chi connectivity index (χ2n) is 11.1. The Kier molecular flexibility index (Phi) is 9.29. The number of hydrogen-bond donors (Lipinski definition) is 0. The Balaban J connectivity index is 1.43. The first-order valence-corrected chi connectivity index (χ1v) is 14.7. The Morgan fingerprint density at radius 2 is 1.78 bits per heavy atom. The summed E-state index contributed by atoms with van der Waals surface area (Å²) in [5.41, 5.74) is 3.98. The highest BCUT2D eigenvalue weighted by Crippen LogP contribution is 2.30. The fourth-order valence-corrected chi connectivity index (χ4v) is 5.80. The molecular weight excluding hydrogens is 519 g/mol. The minimum Gasteiger partial charge on any atom is -0.483 e. The molecule has 0 saturated carbocycles. The monoisotopic (exact) mass is 558 g/mol. The minimum absolute atomic E-state index is 0.0781. The van der Waals surface area contributed by atoms with Crippen LogP contribution in [0.3, 0.4) is 0 Å². The highest BCUT2D eigenvalue weighted by molar-refractivity contribution is 6.05. The number of nitrogens with zero attached hydrogens (tertiary/aromatic N) is 4. The molecule has 8 heteroatoms. The molecule has 1 aromatic heterocycles. The summed E-state index contributed by atoms with van der Waals surface area (Å²) in [4.78, 5) is 37.3. The van der Waals surface area contributed by atoms with Crippen molar-refractivity contribution < 1.29 is 18.7 Å². The van der Waals surface area contributed by atoms with E-state index in [0.717, 1.165) is 31.6 Å². The molecule has 3 aromatic rings. The number of amides is 2. The average Bonchev–Trinajstić information content (AvgIpc) is 3.02. The third-order valence-corrected chi connectivity index (χ3v) is 8.10. The van der Waals surface area contributed by atoms with Crippen LogP contribution in [-0.2, 0) is 24.2 Å². The molecule has 5 rings (SSSR count). The molecule has 0 N–H and O–H groups in total. The van der Waals surface area contributed by atoms with Gasteiger partial charge in [-0.05, 0) is 93.0 Å². The number of halogens is 1. The van der Waals surface area contributed by atoms with Crippen molar-refractivity contribution in [2.75, 3.05) is 37.7 Å². The van der Waals surface area contributed by atoms with Gasteiger partial charge < -0.3 is 14.5 Å². The van der Waals surface area contributed by atoms with E-state index in [1.165, 1.54) is 29.7 Å². The molecule has 41 heavy (non-hydrogen) atoms. The second kappa shape index (κ2) is 13.3. The summed E-state index contributed by atoms with van der Waals surface area (Å²) in [7, 11) is 0. The number of anilines is 1. The normalized spacial score (nSPS) is 16.5. The topological polar surface area (TPSA) is 66.0 Å². The van der Waals surface area contributed by atoms with Crippen LogP contribution in [0.5, 0.6) is 5.75 Å². The van der Waals surface area contributed by atoms with Crippen LogP contribution in [0.2, 0.25) is 0 Å². The molecule has 1 aliphatic carbocycles. The van der Waals surface area contributed by atoms with E-state index in [4.69, 9.17) is 4.74 Å². The van der Waals surface area contributed by atoms with Gasteiger partial charge in [-0.25, -0.2) is 4.39 Å². The number of aryl methyl sites for hydroxylation is 1. The van der Waals surface area contributed by atoms with Gasteiger partial charge in [0.05, 0.1) is 5.69 Å². The summed E-state index contributed by atoms with van der Waals surface area (Å²) in [5.74, 6) is -0.0785. The summed E-state index contributed by atoms with van der Waals surface area (Å²) >= 11 is 0. The minimum atomic E-state index is -0.434. The van der Waals surface area contributed by atoms with Crippen molar-refractivity contribution in [3.63, 3.8) is 0 Å². The Hall–Kier alpha value is -3.78. The highest BCUT2D eigenvalue weighted by Gasteiger charge is 2.26. The van der Waals surface area contributed by atoms with Crippen molar-refractivity contribution in [3.8, 4) is 5.75 Å². The lowest BCUT2D eigenvalue weighted by atomic mass is 9.91. The van der Waals surface area contributed by atoms with Gasteiger partial charge in [-0.1, -0.05) is 24.3 Å². The molecule has 0 spiro atoms. The van der Waals surface area contributed by atoms with E-state index in [9.17, 15) is 14.0 Å². The Morgan fingerprint density at radius 1 is 0.927 bits per heavy atom. The maximum absolute atomic E-state index is 14.6. The summed E-state index contributed by atoms with van der Waals surface area (Å²) < 4.78 is 20.8. The molecule has 0 saturated heterocycles. The van der Waals surface area contributed by atoms with Crippen molar-refractivity contribution >= 4 is 17.5 Å². The zero-order valence-corrected chi connectivity index (χ0v) is 24.0. The van der Waals surface area contributed by atoms with Gasteiger partial charge in [0, 0.05) is 45.0 Å². The molecule has 0 unspecified atom stereocenters. The Morgan fingerprint density at radius 3 is 2.59 bits per heavy atom. The largest absolute Gasteiger partial charge is 0.483 e. The van der Waals surface area contributed by atoms with Crippen LogP contribution < -0.4 is 9.64 Å². The van der Waals surface area contributed by atoms with E-state index in [1.54, 1.807) is 40.3 Å². The van der Waals surface area contributed by atoms with Gasteiger partial charge in [-0.2, -0.15) is 0 Å². The lowest BCUT2D eigenvalue weighted by Gasteiger charge is -2.30. The van der Waals surface area contributed by atoms with Crippen LogP contribution in [0, 0.1) is 5.82 Å². The third kappa shape index (κ3) is 6.93. The number of aromatic nitrogens is 1. The lowest BCUT2D eigenvalue weighted by molar-refractivity contribution is -0.134. The fraction of sp³-hybridized carbons (Fsp3) is 0.424. The van der Waals surface area contributed by atoms with Gasteiger partial charge in [0.25, 0.3) is 11.8 Å². The molecule has 216 valence electrons. The Bertz CT molecular complexity index is 1360. The number of pyridine rings is 1. The summed E-state index contributed by atoms with van der Waals surface area (Å²) in [6, 6.07) is 16.0. The van der Waals surface area contributed by atoms with Crippen LogP contribution in [0.1, 0.15) is 60.3 Å². The van der Waals surface area contributed by atoms with Crippen molar-refractivity contribution in [3.05, 3.63) is 89.0 Å². The van der Waals surface area contributed by atoms with Gasteiger partial charge >= 0.3 is 0 Å². The summed E-state index contributed by atoms with van der Waals surface area (Å²) in [5, 5.41) is 0. The molecule has 2 aliphatic rings. The Labute approximate surface area is 241 Å².